The molecule has 4 aliphatic carbocycles. The molecule has 5 fully saturated rings. The Kier molecular flexibility index (Phi) is 8.02. The first kappa shape index (κ1) is 28.8. The quantitative estimate of drug-likeness (QED) is 0.464. The number of hydrogen-bond donors (Lipinski definition) is 3. The number of aliphatic hydroxyl groups excluding tert-OH is 2. The first-order chi connectivity index (χ1) is 17.9. The van der Waals surface area contributed by atoms with Crippen molar-refractivity contribution in [1.29, 1.82) is 0 Å². The Hall–Kier alpha value is -0.740. The van der Waals surface area contributed by atoms with Gasteiger partial charge in [-0.3, -0.25) is 4.79 Å². The summed E-state index contributed by atoms with van der Waals surface area (Å²) in [4.78, 5) is 12.9. The first-order valence-corrected chi connectivity index (χ1v) is 16.6. The highest BCUT2D eigenvalue weighted by Gasteiger charge is 2.64. The van der Waals surface area contributed by atoms with Gasteiger partial charge < -0.3 is 14.9 Å². The van der Waals surface area contributed by atoms with Crippen LogP contribution in [0.15, 0.2) is 0 Å². The van der Waals surface area contributed by atoms with E-state index in [1.54, 1.807) is 0 Å². The van der Waals surface area contributed by atoms with Crippen molar-refractivity contribution < 1.29 is 28.2 Å². The highest BCUT2D eigenvalue weighted by atomic mass is 32.2. The van der Waals surface area contributed by atoms with Gasteiger partial charge in [-0.1, -0.05) is 34.1 Å². The van der Waals surface area contributed by atoms with Crippen LogP contribution in [0.5, 0.6) is 0 Å². The van der Waals surface area contributed by atoms with Gasteiger partial charge in [0.1, 0.15) is 0 Å². The summed E-state index contributed by atoms with van der Waals surface area (Å²) in [5, 5.41) is 22.4. The predicted molar refractivity (Wildman–Crippen MR) is 145 cm³/mol. The lowest BCUT2D eigenvalue weighted by atomic mass is 9.41. The van der Waals surface area contributed by atoms with E-state index in [2.05, 4.69) is 32.4 Å². The van der Waals surface area contributed by atoms with Crippen molar-refractivity contribution in [3.63, 3.8) is 0 Å². The number of fused-ring (bicyclic) bond motifs is 5. The van der Waals surface area contributed by atoms with Crippen molar-refractivity contribution in [2.24, 2.45) is 52.3 Å². The van der Waals surface area contributed by atoms with Gasteiger partial charge in [0.05, 0.1) is 25.4 Å². The van der Waals surface area contributed by atoms with E-state index in [9.17, 15) is 23.4 Å². The molecule has 4 saturated carbocycles. The lowest BCUT2D eigenvalue weighted by Gasteiger charge is -2.64. The van der Waals surface area contributed by atoms with Gasteiger partial charge in [0.2, 0.25) is 5.91 Å². The minimum absolute atomic E-state index is 0.0423. The number of ether oxygens (including phenoxy) is 1. The Morgan fingerprint density at radius 2 is 1.68 bits per heavy atom. The molecule has 8 nitrogen and oxygen atoms in total. The van der Waals surface area contributed by atoms with Crippen molar-refractivity contribution in [3.8, 4) is 0 Å². The molecule has 1 saturated heterocycles. The van der Waals surface area contributed by atoms with Crippen LogP contribution < -0.4 is 4.72 Å². The number of nitrogens with one attached hydrogen (secondary N) is 1. The molecule has 3 N–H and O–H groups in total. The Morgan fingerprint density at radius 3 is 2.37 bits per heavy atom. The molecular formula is C29H50N2O6S. The monoisotopic (exact) mass is 554 g/mol. The third-order valence-corrected chi connectivity index (χ3v) is 13.7. The van der Waals surface area contributed by atoms with Crippen LogP contribution in [0.1, 0.15) is 85.5 Å². The molecule has 38 heavy (non-hydrogen) atoms. The number of carbonyl (C=O) groups is 1. The predicted octanol–water partition coefficient (Wildman–Crippen LogP) is 3.33. The molecule has 0 spiro atoms. The van der Waals surface area contributed by atoms with E-state index in [1.807, 2.05) is 0 Å². The summed E-state index contributed by atoms with van der Waals surface area (Å²) in [6.07, 6.45) is 7.57. The zero-order valence-corrected chi connectivity index (χ0v) is 24.6. The average molecular weight is 555 g/mol. The summed E-state index contributed by atoms with van der Waals surface area (Å²) in [7, 11) is -3.84. The molecule has 0 aromatic carbocycles. The van der Waals surface area contributed by atoms with Gasteiger partial charge in [-0.15, -0.1) is 0 Å². The molecule has 1 heterocycles. The van der Waals surface area contributed by atoms with Crippen LogP contribution in [0.2, 0.25) is 0 Å². The van der Waals surface area contributed by atoms with E-state index < -0.39 is 16.1 Å². The number of carbonyl (C=O) groups excluding carboxylic acids is 1. The third-order valence-electron chi connectivity index (χ3n) is 12.2. The van der Waals surface area contributed by atoms with Gasteiger partial charge in [0.25, 0.3) is 0 Å². The van der Waals surface area contributed by atoms with Gasteiger partial charge >= 0.3 is 10.2 Å². The molecule has 1 amide bonds. The Morgan fingerprint density at radius 1 is 1.03 bits per heavy atom. The number of rotatable bonds is 6. The van der Waals surface area contributed by atoms with Crippen molar-refractivity contribution in [2.75, 3.05) is 26.3 Å². The van der Waals surface area contributed by atoms with Gasteiger partial charge in [0.15, 0.2) is 0 Å². The fraction of sp³-hybridized carbons (Fsp3) is 0.966. The van der Waals surface area contributed by atoms with E-state index >= 15 is 0 Å². The van der Waals surface area contributed by atoms with E-state index in [0.29, 0.717) is 36.9 Å². The molecule has 1 aliphatic heterocycles. The standard InChI is InChI=1S/C29H50N2O6S/c1-5-20-24-17-19(32)8-10-29(24,4)23-9-11-28(3)21(6-7-22(28)26(23)27(20)34)18(2)16-25(33)30-38(35,36)31-12-14-37-15-13-31/h18-24,26-27,32,34H,5-17H2,1-4H3,(H,30,33)/t18-,19-,20-,21-,22+,23+,24+,26+,27-,28-,29-/m1/s1. The van der Waals surface area contributed by atoms with Gasteiger partial charge in [0, 0.05) is 19.5 Å². The molecule has 0 unspecified atom stereocenters. The third kappa shape index (κ3) is 4.76. The summed E-state index contributed by atoms with van der Waals surface area (Å²) in [5.74, 6) is 1.74. The summed E-state index contributed by atoms with van der Waals surface area (Å²) in [6.45, 7) is 10.4. The molecule has 9 heteroatoms. The van der Waals surface area contributed by atoms with Crippen LogP contribution in [0.25, 0.3) is 0 Å². The van der Waals surface area contributed by atoms with Gasteiger partial charge in [-0.2, -0.15) is 12.7 Å². The second-order valence-electron chi connectivity index (χ2n) is 13.8. The van der Waals surface area contributed by atoms with Crippen molar-refractivity contribution in [1.82, 2.24) is 9.03 Å². The van der Waals surface area contributed by atoms with Crippen molar-refractivity contribution in [3.05, 3.63) is 0 Å². The minimum atomic E-state index is -3.84. The maximum absolute atomic E-state index is 12.9. The second-order valence-corrected chi connectivity index (χ2v) is 15.5. The van der Waals surface area contributed by atoms with Crippen molar-refractivity contribution in [2.45, 2.75) is 97.7 Å². The number of hydrogen-bond acceptors (Lipinski definition) is 6. The fourth-order valence-electron chi connectivity index (χ4n) is 10.4. The number of amides is 1. The van der Waals surface area contributed by atoms with E-state index in [0.717, 1.165) is 51.4 Å². The fourth-order valence-corrected chi connectivity index (χ4v) is 11.5. The molecule has 11 atom stereocenters. The van der Waals surface area contributed by atoms with Crippen LogP contribution in [-0.4, -0.2) is 67.4 Å². The van der Waals surface area contributed by atoms with Crippen LogP contribution in [-0.2, 0) is 19.7 Å². The maximum Gasteiger partial charge on any atom is 0.303 e. The van der Waals surface area contributed by atoms with Crippen LogP contribution in [0.3, 0.4) is 0 Å². The number of nitrogens with zero attached hydrogens (tertiary/aromatic N) is 1. The normalized spacial score (nSPS) is 46.5. The molecule has 5 aliphatic rings. The van der Waals surface area contributed by atoms with E-state index in [-0.39, 0.29) is 60.3 Å². The largest absolute Gasteiger partial charge is 0.393 e. The lowest BCUT2D eigenvalue weighted by Crippen LogP contribution is -2.62. The Balaban J connectivity index is 1.30. The Labute approximate surface area is 229 Å². The summed E-state index contributed by atoms with van der Waals surface area (Å²) >= 11 is 0. The van der Waals surface area contributed by atoms with Crippen LogP contribution in [0.4, 0.5) is 0 Å². The van der Waals surface area contributed by atoms with Crippen LogP contribution >= 0.6 is 0 Å². The number of morpholine rings is 1. The zero-order valence-electron chi connectivity index (χ0n) is 23.8. The zero-order chi connectivity index (χ0) is 27.5. The van der Waals surface area contributed by atoms with E-state index in [4.69, 9.17) is 4.74 Å². The molecule has 0 aromatic rings. The SMILES string of the molecule is CC[C@H]1[C@@H](O)[C@@H]2[C@H](CC[C@]3(C)[C@@H]([C@H](C)CC(=O)NS(=O)(=O)N4CCOCC4)CC[C@@H]23)[C@@]2(C)CC[C@@H](O)C[C@@H]12. The van der Waals surface area contributed by atoms with Gasteiger partial charge in [-0.25, -0.2) is 4.72 Å². The van der Waals surface area contributed by atoms with E-state index in [1.165, 1.54) is 4.31 Å². The second kappa shape index (κ2) is 10.6. The van der Waals surface area contributed by atoms with Crippen molar-refractivity contribution >= 4 is 16.1 Å². The molecular weight excluding hydrogens is 504 g/mol. The smallest absolute Gasteiger partial charge is 0.303 e. The highest BCUT2D eigenvalue weighted by molar-refractivity contribution is 7.87. The molecule has 0 bridgehead atoms. The molecule has 5 rings (SSSR count). The lowest BCUT2D eigenvalue weighted by molar-refractivity contribution is -0.203. The maximum atomic E-state index is 12.9. The number of aliphatic hydroxyl groups is 2. The highest BCUT2D eigenvalue weighted by Crippen LogP contribution is 2.69. The molecule has 218 valence electrons. The Bertz CT molecular complexity index is 986. The summed E-state index contributed by atoms with van der Waals surface area (Å²) in [6, 6.07) is 0. The van der Waals surface area contributed by atoms with Crippen LogP contribution in [0, 0.1) is 52.3 Å². The first-order valence-electron chi connectivity index (χ1n) is 15.2. The van der Waals surface area contributed by atoms with Gasteiger partial charge in [-0.05, 0) is 97.2 Å². The molecule has 0 aromatic heterocycles. The molecule has 0 radical (unpaired) electrons. The average Bonchev–Trinajstić information content (AvgIpc) is 3.23. The summed E-state index contributed by atoms with van der Waals surface area (Å²) < 4.78 is 34.3. The topological polar surface area (TPSA) is 116 Å². The summed E-state index contributed by atoms with van der Waals surface area (Å²) in [5.41, 5.74) is 0.211. The minimum Gasteiger partial charge on any atom is -0.393 e.